The molecule has 2 saturated heterocycles. The molecule has 0 saturated carbocycles. The number of hydrogen-bond acceptors (Lipinski definition) is 21. The maximum atomic E-state index is 12.4. The molecule has 0 aromatic heterocycles. The molecule has 0 aromatic carbocycles. The first-order chi connectivity index (χ1) is 38.8. The fraction of sp³-hybridized carbons (Fsp3) is 0.904. The Balaban J connectivity index is 1.18. The fourth-order valence-corrected chi connectivity index (χ4v) is 8.95. The second-order valence-corrected chi connectivity index (χ2v) is 19.1. The summed E-state index contributed by atoms with van der Waals surface area (Å²) in [6.45, 7) is 16.1. The molecule has 2 fully saturated rings. The number of amides is 6. The Kier molecular flexibility index (Phi) is 49.4. The van der Waals surface area contributed by atoms with Gasteiger partial charge in [0, 0.05) is 50.0 Å². The average Bonchev–Trinajstić information content (AvgIpc) is 4.00. The first-order valence-corrected chi connectivity index (χ1v) is 29.3. The van der Waals surface area contributed by atoms with Gasteiger partial charge in [0.2, 0.25) is 23.6 Å². The van der Waals surface area contributed by atoms with Crippen molar-refractivity contribution in [1.82, 2.24) is 26.6 Å². The number of fused-ring (bicyclic) bond motifs is 1. The van der Waals surface area contributed by atoms with Gasteiger partial charge in [-0.2, -0.15) is 11.8 Å². The van der Waals surface area contributed by atoms with E-state index < -0.39 is 11.9 Å². The monoisotopic (exact) mass is 1160 g/mol. The first-order valence-electron chi connectivity index (χ1n) is 28.3. The van der Waals surface area contributed by atoms with Crippen molar-refractivity contribution in [3.8, 4) is 0 Å². The molecule has 2 rings (SSSR count). The van der Waals surface area contributed by atoms with Crippen LogP contribution in [0.5, 0.6) is 0 Å². The van der Waals surface area contributed by atoms with E-state index in [-0.39, 0.29) is 55.3 Å². The van der Waals surface area contributed by atoms with Gasteiger partial charge in [-0.3, -0.25) is 19.2 Å². The number of primary amides is 1. The predicted octanol–water partition coefficient (Wildman–Crippen LogP) is 0.134. The van der Waals surface area contributed by atoms with Crippen molar-refractivity contribution in [2.45, 2.75) is 88.1 Å². The highest BCUT2D eigenvalue weighted by Crippen LogP contribution is 2.33. The Morgan fingerprint density at radius 3 is 1.28 bits per heavy atom. The van der Waals surface area contributed by atoms with Crippen LogP contribution in [0.2, 0.25) is 0 Å². The van der Waals surface area contributed by atoms with E-state index in [1.807, 2.05) is 18.7 Å². The van der Waals surface area contributed by atoms with Gasteiger partial charge in [-0.15, -0.1) is 0 Å². The summed E-state index contributed by atoms with van der Waals surface area (Å²) in [7, 11) is 0. The fourth-order valence-electron chi connectivity index (χ4n) is 7.40. The van der Waals surface area contributed by atoms with Crippen LogP contribution < -0.4 is 32.3 Å². The van der Waals surface area contributed by atoms with Gasteiger partial charge < -0.3 is 103 Å². The van der Waals surface area contributed by atoms with Gasteiger partial charge in [-0.1, -0.05) is 6.42 Å². The predicted molar refractivity (Wildman–Crippen MR) is 292 cm³/mol. The molecule has 4 atom stereocenters. The van der Waals surface area contributed by atoms with E-state index in [0.717, 1.165) is 25.0 Å². The van der Waals surface area contributed by atoms with Gasteiger partial charge in [-0.05, 0) is 39.0 Å². The lowest BCUT2D eigenvalue weighted by Gasteiger charge is -2.16. The molecule has 0 bridgehead atoms. The number of ether oxygens (including phenoxy) is 15. The van der Waals surface area contributed by atoms with Crippen molar-refractivity contribution in [2.75, 3.05) is 217 Å². The zero-order chi connectivity index (χ0) is 56.7. The highest BCUT2D eigenvalue weighted by molar-refractivity contribution is 8.00. The normalized spacial score (nSPS) is 16.2. The smallest absolute Gasteiger partial charge is 0.315 e. The molecule has 2 heterocycles. The molecule has 2 aliphatic rings. The Labute approximate surface area is 472 Å². The molecule has 0 aliphatic carbocycles. The Bertz CT molecular complexity index is 1490. The topological polar surface area (TPSA) is 310 Å². The maximum absolute atomic E-state index is 12.4. The highest BCUT2D eigenvalue weighted by Gasteiger charge is 2.42. The van der Waals surface area contributed by atoms with Crippen LogP contribution in [0.1, 0.15) is 64.7 Å². The van der Waals surface area contributed by atoms with Crippen molar-refractivity contribution in [3.05, 3.63) is 0 Å². The van der Waals surface area contributed by atoms with E-state index in [4.69, 9.17) is 76.8 Å². The highest BCUT2D eigenvalue weighted by atomic mass is 32.2. The lowest BCUT2D eigenvalue weighted by molar-refractivity contribution is -0.128. The van der Waals surface area contributed by atoms with E-state index in [1.165, 1.54) is 0 Å². The van der Waals surface area contributed by atoms with Crippen LogP contribution in [0.25, 0.3) is 0 Å². The molecule has 79 heavy (non-hydrogen) atoms. The number of unbranched alkanes of at least 4 members (excludes halogenated alkanes) is 2. The van der Waals surface area contributed by atoms with Crippen LogP contribution in [0.15, 0.2) is 0 Å². The minimum absolute atomic E-state index is 0.00704. The molecule has 27 heteroatoms. The van der Waals surface area contributed by atoms with Gasteiger partial charge >= 0.3 is 6.03 Å². The van der Waals surface area contributed by atoms with E-state index in [1.54, 1.807) is 0 Å². The molecule has 6 amide bonds. The minimum Gasteiger partial charge on any atom is -0.379 e. The first kappa shape index (κ1) is 72.0. The summed E-state index contributed by atoms with van der Waals surface area (Å²) in [5.41, 5.74) is 5.51. The third kappa shape index (κ3) is 45.1. The van der Waals surface area contributed by atoms with Crippen molar-refractivity contribution >= 4 is 41.4 Å². The van der Waals surface area contributed by atoms with E-state index in [2.05, 4.69) is 26.6 Å². The number of rotatable bonds is 61. The molecule has 0 aromatic rings. The van der Waals surface area contributed by atoms with Crippen LogP contribution >= 0.6 is 11.8 Å². The standard InChI is InChI=1S/C52H98N6O20S/c1-2-64-17-18-68-25-26-72-30-27-69-22-19-65-14-10-48(60)55-13-16-67-21-24-71-29-32-74-34-36-76-38-40-78-42-41-77-39-37-75-35-33-73-31-28-70-23-20-66-15-11-49(61)56-44(51(53)62)7-5-6-12-54-47(59)9-4-3-8-46-50-45(43-79-46)57-52(63)58-50/h44-46,50H,2-43H2,1H3,(H2,53,62)(H,54,59)(H,55,60)(H,56,61)(H2,57,58,63)/t44-,45-,46-,50-/m0/s1. The molecule has 0 spiro atoms. The summed E-state index contributed by atoms with van der Waals surface area (Å²) in [4.78, 5) is 60.0. The molecule has 26 nitrogen and oxygen atoms in total. The lowest BCUT2D eigenvalue weighted by Crippen LogP contribution is -2.44. The van der Waals surface area contributed by atoms with Gasteiger partial charge in [0.1, 0.15) is 6.04 Å². The number of carbonyl (C=O) groups is 5. The summed E-state index contributed by atoms with van der Waals surface area (Å²) in [5.74, 6) is -0.114. The number of nitrogens with one attached hydrogen (secondary N) is 5. The largest absolute Gasteiger partial charge is 0.379 e. The number of nitrogens with two attached hydrogens (primary N) is 1. The zero-order valence-corrected chi connectivity index (χ0v) is 48.0. The van der Waals surface area contributed by atoms with Crippen LogP contribution in [-0.4, -0.2) is 270 Å². The Hall–Kier alpha value is -3.10. The molecular formula is C52H98N6O20S. The van der Waals surface area contributed by atoms with Gasteiger partial charge in [0.05, 0.1) is 204 Å². The zero-order valence-electron chi connectivity index (χ0n) is 47.2. The molecule has 0 unspecified atom stereocenters. The van der Waals surface area contributed by atoms with Gasteiger partial charge in [0.15, 0.2) is 0 Å². The van der Waals surface area contributed by atoms with Gasteiger partial charge in [0.25, 0.3) is 0 Å². The number of carbonyl (C=O) groups excluding carboxylic acids is 5. The van der Waals surface area contributed by atoms with E-state index >= 15 is 0 Å². The number of thioether (sulfide) groups is 1. The molecular weight excluding hydrogens is 1060 g/mol. The van der Waals surface area contributed by atoms with Crippen molar-refractivity contribution < 1.29 is 95.0 Å². The third-order valence-electron chi connectivity index (χ3n) is 11.6. The van der Waals surface area contributed by atoms with E-state index in [0.29, 0.717) is 236 Å². The summed E-state index contributed by atoms with van der Waals surface area (Å²) < 4.78 is 81.8. The van der Waals surface area contributed by atoms with Crippen LogP contribution in [0.3, 0.4) is 0 Å². The average molecular weight is 1160 g/mol. The Morgan fingerprint density at radius 1 is 0.468 bits per heavy atom. The number of urea groups is 1. The van der Waals surface area contributed by atoms with Crippen LogP contribution in [0.4, 0.5) is 4.79 Å². The van der Waals surface area contributed by atoms with Crippen molar-refractivity contribution in [1.29, 1.82) is 0 Å². The second kappa shape index (κ2) is 54.2. The van der Waals surface area contributed by atoms with Crippen molar-refractivity contribution in [2.24, 2.45) is 5.73 Å². The number of hydrogen-bond donors (Lipinski definition) is 6. The van der Waals surface area contributed by atoms with E-state index in [9.17, 15) is 24.0 Å². The summed E-state index contributed by atoms with van der Waals surface area (Å²) in [6.07, 6.45) is 5.12. The quantitative estimate of drug-likeness (QED) is 0.0348. The lowest BCUT2D eigenvalue weighted by atomic mass is 10.0. The van der Waals surface area contributed by atoms with Crippen LogP contribution in [0, 0.1) is 0 Å². The minimum atomic E-state index is -0.788. The van der Waals surface area contributed by atoms with Crippen LogP contribution in [-0.2, 0) is 90.2 Å². The second-order valence-electron chi connectivity index (χ2n) is 17.9. The maximum Gasteiger partial charge on any atom is 0.315 e. The van der Waals surface area contributed by atoms with Gasteiger partial charge in [-0.25, -0.2) is 4.79 Å². The SMILES string of the molecule is CCOCCOCCOCCOCCOCCC(=O)NCCOCCOCCOCCOCCOCCOCCOCCOCCOCCOCCC(=O)N[C@@H](CCCCNC(=O)CCCC[C@@H]1SC[C@@H]2NC(=O)N[C@@H]21)C(N)=O. The summed E-state index contributed by atoms with van der Waals surface area (Å²) in [6, 6.07) is -0.494. The molecule has 7 N–H and O–H groups in total. The summed E-state index contributed by atoms with van der Waals surface area (Å²) in [5, 5.41) is 14.7. The molecule has 2 aliphatic heterocycles. The molecule has 0 radical (unpaired) electrons. The molecule has 462 valence electrons. The third-order valence-corrected chi connectivity index (χ3v) is 13.1. The Morgan fingerprint density at radius 2 is 0.848 bits per heavy atom. The summed E-state index contributed by atoms with van der Waals surface area (Å²) >= 11 is 1.87. The van der Waals surface area contributed by atoms with Crippen molar-refractivity contribution in [3.63, 3.8) is 0 Å².